The zero-order chi connectivity index (χ0) is 14.5. The van der Waals surface area contributed by atoms with Crippen LogP contribution < -0.4 is 10.1 Å². The van der Waals surface area contributed by atoms with Crippen molar-refractivity contribution in [1.29, 1.82) is 0 Å². The molecule has 2 nitrogen and oxygen atoms in total. The van der Waals surface area contributed by atoms with Gasteiger partial charge in [0.05, 0.1) is 13.2 Å². The molecule has 2 heteroatoms. The van der Waals surface area contributed by atoms with E-state index in [4.69, 9.17) is 4.74 Å². The number of ether oxygens (including phenoxy) is 1. The van der Waals surface area contributed by atoms with Gasteiger partial charge in [-0.2, -0.15) is 0 Å². The van der Waals surface area contributed by atoms with Crippen molar-refractivity contribution in [3.63, 3.8) is 0 Å². The van der Waals surface area contributed by atoms with Crippen LogP contribution in [0.2, 0.25) is 0 Å². The molecule has 106 valence electrons. The molecule has 1 unspecified atom stereocenters. The highest BCUT2D eigenvalue weighted by molar-refractivity contribution is 5.39. The van der Waals surface area contributed by atoms with Gasteiger partial charge in [0.25, 0.3) is 0 Å². The SMILES string of the molecule is CCNC(c1cccc(OC)c1)c1ccc(C)c(C)c1. The summed E-state index contributed by atoms with van der Waals surface area (Å²) >= 11 is 0. The van der Waals surface area contributed by atoms with E-state index in [0.29, 0.717) is 0 Å². The van der Waals surface area contributed by atoms with Crippen molar-refractivity contribution in [2.75, 3.05) is 13.7 Å². The molecular weight excluding hydrogens is 246 g/mol. The Kier molecular flexibility index (Phi) is 4.80. The summed E-state index contributed by atoms with van der Waals surface area (Å²) in [5.41, 5.74) is 5.18. The number of benzene rings is 2. The Labute approximate surface area is 121 Å². The molecule has 0 bridgehead atoms. The highest BCUT2D eigenvalue weighted by atomic mass is 16.5. The Balaban J connectivity index is 2.41. The molecule has 0 fully saturated rings. The van der Waals surface area contributed by atoms with E-state index in [9.17, 15) is 0 Å². The van der Waals surface area contributed by atoms with Gasteiger partial charge < -0.3 is 10.1 Å². The highest BCUT2D eigenvalue weighted by Crippen LogP contribution is 2.26. The van der Waals surface area contributed by atoms with E-state index in [-0.39, 0.29) is 6.04 Å². The zero-order valence-electron chi connectivity index (χ0n) is 12.7. The van der Waals surface area contributed by atoms with Crippen LogP contribution in [0.15, 0.2) is 42.5 Å². The molecule has 0 spiro atoms. The number of hydrogen-bond donors (Lipinski definition) is 1. The quantitative estimate of drug-likeness (QED) is 0.885. The molecular formula is C18H23NO. The molecule has 0 aromatic heterocycles. The third-order valence-electron chi connectivity index (χ3n) is 3.70. The van der Waals surface area contributed by atoms with Crippen molar-refractivity contribution in [2.45, 2.75) is 26.8 Å². The lowest BCUT2D eigenvalue weighted by molar-refractivity contribution is 0.413. The third kappa shape index (κ3) is 3.20. The summed E-state index contributed by atoms with van der Waals surface area (Å²) in [6, 6.07) is 15.1. The standard InChI is InChI=1S/C18H23NO/c1-5-19-18(15-7-6-8-17(12-15)20-4)16-10-9-13(2)14(3)11-16/h6-12,18-19H,5H2,1-4H3. The maximum absolute atomic E-state index is 5.33. The summed E-state index contributed by atoms with van der Waals surface area (Å²) in [6.45, 7) is 7.36. The Bertz CT molecular complexity index is 577. The second-order valence-electron chi connectivity index (χ2n) is 5.11. The van der Waals surface area contributed by atoms with Crippen molar-refractivity contribution < 1.29 is 4.74 Å². The van der Waals surface area contributed by atoms with Gasteiger partial charge >= 0.3 is 0 Å². The van der Waals surface area contributed by atoms with Crippen LogP contribution in [0.3, 0.4) is 0 Å². The first kappa shape index (κ1) is 14.6. The number of methoxy groups -OCH3 is 1. The molecule has 1 N–H and O–H groups in total. The van der Waals surface area contributed by atoms with Crippen molar-refractivity contribution >= 4 is 0 Å². The van der Waals surface area contributed by atoms with E-state index in [1.807, 2.05) is 12.1 Å². The maximum Gasteiger partial charge on any atom is 0.119 e. The largest absolute Gasteiger partial charge is 0.497 e. The van der Waals surface area contributed by atoms with Crippen molar-refractivity contribution in [2.24, 2.45) is 0 Å². The zero-order valence-corrected chi connectivity index (χ0v) is 12.7. The monoisotopic (exact) mass is 269 g/mol. The van der Waals surface area contributed by atoms with Crippen LogP contribution in [0.5, 0.6) is 5.75 Å². The summed E-state index contributed by atoms with van der Waals surface area (Å²) in [7, 11) is 1.71. The van der Waals surface area contributed by atoms with Crippen molar-refractivity contribution in [3.8, 4) is 5.75 Å². The van der Waals surface area contributed by atoms with Gasteiger partial charge in [-0.15, -0.1) is 0 Å². The van der Waals surface area contributed by atoms with Gasteiger partial charge in [-0.3, -0.25) is 0 Å². The Morgan fingerprint density at radius 1 is 1.00 bits per heavy atom. The summed E-state index contributed by atoms with van der Waals surface area (Å²) in [5, 5.41) is 3.56. The van der Waals surface area contributed by atoms with Gasteiger partial charge in [-0.1, -0.05) is 37.3 Å². The van der Waals surface area contributed by atoms with E-state index in [1.165, 1.54) is 22.3 Å². The minimum atomic E-state index is 0.203. The average molecular weight is 269 g/mol. The molecule has 0 radical (unpaired) electrons. The van der Waals surface area contributed by atoms with E-state index in [1.54, 1.807) is 7.11 Å². The molecule has 0 amide bonds. The fraction of sp³-hybridized carbons (Fsp3) is 0.333. The molecule has 2 aromatic rings. The molecule has 0 aliphatic heterocycles. The van der Waals surface area contributed by atoms with Crippen LogP contribution >= 0.6 is 0 Å². The minimum absolute atomic E-state index is 0.203. The third-order valence-corrected chi connectivity index (χ3v) is 3.70. The van der Waals surface area contributed by atoms with Gasteiger partial charge in [0, 0.05) is 0 Å². The van der Waals surface area contributed by atoms with Gasteiger partial charge in [-0.05, 0) is 54.8 Å². The molecule has 1 atom stereocenters. The predicted molar refractivity (Wildman–Crippen MR) is 84.4 cm³/mol. The van der Waals surface area contributed by atoms with Gasteiger partial charge in [-0.25, -0.2) is 0 Å². The van der Waals surface area contributed by atoms with E-state index < -0.39 is 0 Å². The predicted octanol–water partition coefficient (Wildman–Crippen LogP) is 4.01. The lowest BCUT2D eigenvalue weighted by Gasteiger charge is -2.20. The van der Waals surface area contributed by atoms with Gasteiger partial charge in [0.2, 0.25) is 0 Å². The summed E-state index contributed by atoms with van der Waals surface area (Å²) in [4.78, 5) is 0. The molecule has 2 rings (SSSR count). The maximum atomic E-state index is 5.33. The van der Waals surface area contributed by atoms with Crippen molar-refractivity contribution in [3.05, 3.63) is 64.7 Å². The van der Waals surface area contributed by atoms with Crippen LogP contribution in [0.1, 0.15) is 35.2 Å². The highest BCUT2D eigenvalue weighted by Gasteiger charge is 2.14. The minimum Gasteiger partial charge on any atom is -0.497 e. The molecule has 2 aromatic carbocycles. The Hall–Kier alpha value is -1.80. The lowest BCUT2D eigenvalue weighted by atomic mass is 9.95. The smallest absolute Gasteiger partial charge is 0.119 e. The van der Waals surface area contributed by atoms with Crippen LogP contribution in [0.25, 0.3) is 0 Å². The summed E-state index contributed by atoms with van der Waals surface area (Å²) < 4.78 is 5.33. The molecule has 0 aliphatic rings. The molecule has 0 heterocycles. The molecule has 0 aliphatic carbocycles. The normalized spacial score (nSPS) is 12.2. The topological polar surface area (TPSA) is 21.3 Å². The first-order chi connectivity index (χ1) is 9.65. The van der Waals surface area contributed by atoms with Gasteiger partial charge in [0.1, 0.15) is 5.75 Å². The van der Waals surface area contributed by atoms with E-state index in [0.717, 1.165) is 12.3 Å². The van der Waals surface area contributed by atoms with Gasteiger partial charge in [0.15, 0.2) is 0 Å². The second kappa shape index (κ2) is 6.58. The molecule has 0 saturated carbocycles. The summed E-state index contributed by atoms with van der Waals surface area (Å²) in [5.74, 6) is 0.897. The Morgan fingerprint density at radius 3 is 2.40 bits per heavy atom. The van der Waals surface area contributed by atoms with E-state index in [2.05, 4.69) is 56.4 Å². The number of hydrogen-bond acceptors (Lipinski definition) is 2. The fourth-order valence-corrected chi connectivity index (χ4v) is 2.40. The first-order valence-corrected chi connectivity index (χ1v) is 7.10. The lowest BCUT2D eigenvalue weighted by Crippen LogP contribution is -2.22. The first-order valence-electron chi connectivity index (χ1n) is 7.10. The van der Waals surface area contributed by atoms with Crippen LogP contribution in [-0.2, 0) is 0 Å². The van der Waals surface area contributed by atoms with Crippen LogP contribution in [0, 0.1) is 13.8 Å². The molecule has 20 heavy (non-hydrogen) atoms. The van der Waals surface area contributed by atoms with E-state index >= 15 is 0 Å². The van der Waals surface area contributed by atoms with Crippen LogP contribution in [0.4, 0.5) is 0 Å². The molecule has 0 saturated heterocycles. The summed E-state index contributed by atoms with van der Waals surface area (Å²) in [6.07, 6.45) is 0. The fourth-order valence-electron chi connectivity index (χ4n) is 2.40. The van der Waals surface area contributed by atoms with Crippen LogP contribution in [-0.4, -0.2) is 13.7 Å². The Morgan fingerprint density at radius 2 is 1.75 bits per heavy atom. The second-order valence-corrected chi connectivity index (χ2v) is 5.11. The number of nitrogens with one attached hydrogen (secondary N) is 1. The number of rotatable bonds is 5. The average Bonchev–Trinajstić information content (AvgIpc) is 2.48. The van der Waals surface area contributed by atoms with Crippen molar-refractivity contribution in [1.82, 2.24) is 5.32 Å². The number of aryl methyl sites for hydroxylation is 2.